The third kappa shape index (κ3) is 3.04. The van der Waals surface area contributed by atoms with E-state index in [1.165, 1.54) is 0 Å². The normalized spacial score (nSPS) is 16.9. The zero-order valence-corrected chi connectivity index (χ0v) is 13.5. The van der Waals surface area contributed by atoms with Crippen molar-refractivity contribution < 1.29 is 13.2 Å². The second-order valence-electron chi connectivity index (χ2n) is 4.57. The van der Waals surface area contributed by atoms with Crippen LogP contribution >= 0.6 is 23.1 Å². The molecule has 1 aromatic rings. The van der Waals surface area contributed by atoms with Crippen molar-refractivity contribution in [1.29, 1.82) is 0 Å². The number of amides is 1. The van der Waals surface area contributed by atoms with Gasteiger partial charge in [0.1, 0.15) is 14.8 Å². The Morgan fingerprint density at radius 1 is 1.30 bits per heavy atom. The molecule has 6 nitrogen and oxygen atoms in total. The maximum Gasteiger partial charge on any atom is 0.261 e. The lowest BCUT2D eigenvalue weighted by molar-refractivity contribution is 0.100. The van der Waals surface area contributed by atoms with Crippen molar-refractivity contribution in [3.8, 4) is 0 Å². The molecular formula is C11H17N3O3S3. The summed E-state index contributed by atoms with van der Waals surface area (Å²) in [5.74, 6) is 1.29. The summed E-state index contributed by atoms with van der Waals surface area (Å²) < 4.78 is 24.0. The monoisotopic (exact) mass is 335 g/mol. The number of nitrogens with zero attached hydrogens (tertiary/aromatic N) is 1. The lowest BCUT2D eigenvalue weighted by Gasteiger charge is -2.21. The Labute approximate surface area is 126 Å². The van der Waals surface area contributed by atoms with Gasteiger partial charge in [-0.2, -0.15) is 11.8 Å². The summed E-state index contributed by atoms with van der Waals surface area (Å²) in [7, 11) is -3.51. The Morgan fingerprint density at radius 2 is 2.00 bits per heavy atom. The smallest absolute Gasteiger partial charge is 0.261 e. The van der Waals surface area contributed by atoms with Gasteiger partial charge >= 0.3 is 0 Å². The standard InChI is InChI=1S/C11H17N3O3S3/c1-20(16,17)9-7(12)8(10(13)15)19-11(9)14-3-2-5-18-6-4-14/h2-6,12H2,1H3,(H2,13,15). The van der Waals surface area contributed by atoms with E-state index in [1.807, 2.05) is 16.7 Å². The zero-order chi connectivity index (χ0) is 14.9. The lowest BCUT2D eigenvalue weighted by atomic mass is 10.3. The summed E-state index contributed by atoms with van der Waals surface area (Å²) in [5.41, 5.74) is 11.1. The Morgan fingerprint density at radius 3 is 2.60 bits per heavy atom. The molecule has 0 unspecified atom stereocenters. The number of nitrogens with two attached hydrogens (primary N) is 2. The van der Waals surface area contributed by atoms with Crippen LogP contribution in [0.15, 0.2) is 4.90 Å². The fourth-order valence-electron chi connectivity index (χ4n) is 2.12. The van der Waals surface area contributed by atoms with Crippen molar-refractivity contribution >= 4 is 49.5 Å². The molecule has 112 valence electrons. The summed E-state index contributed by atoms with van der Waals surface area (Å²) in [4.78, 5) is 13.6. The van der Waals surface area contributed by atoms with Crippen LogP contribution in [0, 0.1) is 0 Å². The van der Waals surface area contributed by atoms with Crippen molar-refractivity contribution in [3.63, 3.8) is 0 Å². The molecule has 1 saturated heterocycles. The number of hydrogen-bond acceptors (Lipinski definition) is 7. The van der Waals surface area contributed by atoms with Crippen molar-refractivity contribution in [3.05, 3.63) is 4.88 Å². The van der Waals surface area contributed by atoms with Gasteiger partial charge in [-0.3, -0.25) is 4.79 Å². The number of thioether (sulfide) groups is 1. The van der Waals surface area contributed by atoms with E-state index in [4.69, 9.17) is 11.5 Å². The first-order valence-electron chi connectivity index (χ1n) is 6.07. The molecule has 1 aliphatic rings. The van der Waals surface area contributed by atoms with Gasteiger partial charge in [0.05, 0.1) is 5.69 Å². The average Bonchev–Trinajstić information content (AvgIpc) is 2.53. The van der Waals surface area contributed by atoms with E-state index in [2.05, 4.69) is 0 Å². The van der Waals surface area contributed by atoms with E-state index >= 15 is 0 Å². The fraction of sp³-hybridized carbons (Fsp3) is 0.545. The lowest BCUT2D eigenvalue weighted by Crippen LogP contribution is -2.26. The second-order valence-corrected chi connectivity index (χ2v) is 8.74. The number of primary amides is 1. The molecule has 0 spiro atoms. The van der Waals surface area contributed by atoms with Gasteiger partial charge in [-0.1, -0.05) is 0 Å². The van der Waals surface area contributed by atoms with Crippen LogP contribution in [0.4, 0.5) is 10.7 Å². The van der Waals surface area contributed by atoms with Crippen LogP contribution in [0.25, 0.3) is 0 Å². The van der Waals surface area contributed by atoms with E-state index in [0.29, 0.717) is 5.00 Å². The maximum absolute atomic E-state index is 12.0. The molecule has 0 radical (unpaired) electrons. The Hall–Kier alpha value is -0.930. The van der Waals surface area contributed by atoms with Crippen LogP contribution in [0.3, 0.4) is 0 Å². The topological polar surface area (TPSA) is 106 Å². The summed E-state index contributed by atoms with van der Waals surface area (Å²) in [6, 6.07) is 0. The van der Waals surface area contributed by atoms with Crippen molar-refractivity contribution in [2.24, 2.45) is 5.73 Å². The zero-order valence-electron chi connectivity index (χ0n) is 11.1. The summed E-state index contributed by atoms with van der Waals surface area (Å²) in [6.45, 7) is 1.50. The molecule has 4 N–H and O–H groups in total. The van der Waals surface area contributed by atoms with Crippen LogP contribution in [-0.4, -0.2) is 45.2 Å². The first kappa shape index (κ1) is 15.5. The minimum atomic E-state index is -3.51. The number of hydrogen-bond donors (Lipinski definition) is 2. The molecule has 1 aromatic heterocycles. The molecule has 2 heterocycles. The number of sulfone groups is 1. The SMILES string of the molecule is CS(=O)(=O)c1c(N2CCCSCC2)sc(C(N)=O)c1N. The third-order valence-corrected chi connectivity index (χ3v) is 6.60. The molecule has 0 bridgehead atoms. The van der Waals surface area contributed by atoms with E-state index in [-0.39, 0.29) is 15.5 Å². The maximum atomic E-state index is 12.0. The van der Waals surface area contributed by atoms with E-state index in [1.54, 1.807) is 0 Å². The summed E-state index contributed by atoms with van der Waals surface area (Å²) in [5, 5.41) is 0.543. The van der Waals surface area contributed by atoms with Crippen LogP contribution in [0.5, 0.6) is 0 Å². The number of nitrogen functional groups attached to an aromatic ring is 1. The Balaban J connectivity index is 2.56. The highest BCUT2D eigenvalue weighted by Crippen LogP contribution is 2.41. The largest absolute Gasteiger partial charge is 0.396 e. The molecule has 20 heavy (non-hydrogen) atoms. The number of anilines is 2. The first-order valence-corrected chi connectivity index (χ1v) is 9.93. The van der Waals surface area contributed by atoms with Gasteiger partial charge < -0.3 is 16.4 Å². The number of carbonyl (C=O) groups is 1. The molecule has 1 aliphatic heterocycles. The van der Waals surface area contributed by atoms with Crippen LogP contribution < -0.4 is 16.4 Å². The highest BCUT2D eigenvalue weighted by molar-refractivity contribution is 7.99. The van der Waals surface area contributed by atoms with Crippen LogP contribution in [0.1, 0.15) is 16.1 Å². The average molecular weight is 335 g/mol. The van der Waals surface area contributed by atoms with Crippen molar-refractivity contribution in [2.45, 2.75) is 11.3 Å². The van der Waals surface area contributed by atoms with Crippen molar-refractivity contribution in [2.75, 3.05) is 41.5 Å². The van der Waals surface area contributed by atoms with Crippen molar-refractivity contribution in [1.82, 2.24) is 0 Å². The van der Waals surface area contributed by atoms with E-state index in [9.17, 15) is 13.2 Å². The molecule has 0 aliphatic carbocycles. The Bertz CT molecular complexity index is 616. The molecular weight excluding hydrogens is 318 g/mol. The fourth-order valence-corrected chi connectivity index (χ4v) is 5.61. The molecule has 1 fully saturated rings. The number of thiophene rings is 1. The first-order chi connectivity index (χ1) is 9.32. The second kappa shape index (κ2) is 5.82. The minimum Gasteiger partial charge on any atom is -0.396 e. The highest BCUT2D eigenvalue weighted by Gasteiger charge is 2.29. The van der Waals surface area contributed by atoms with Crippen LogP contribution in [0.2, 0.25) is 0 Å². The van der Waals surface area contributed by atoms with Gasteiger partial charge in [0, 0.05) is 25.1 Å². The molecule has 1 amide bonds. The predicted octanol–water partition coefficient (Wildman–Crippen LogP) is 0.776. The van der Waals surface area contributed by atoms with Gasteiger partial charge in [0.2, 0.25) is 0 Å². The predicted molar refractivity (Wildman–Crippen MR) is 84.5 cm³/mol. The third-order valence-electron chi connectivity index (χ3n) is 2.99. The van der Waals surface area contributed by atoms with Crippen LogP contribution in [-0.2, 0) is 9.84 Å². The van der Waals surface area contributed by atoms with Gasteiger partial charge in [0.25, 0.3) is 5.91 Å². The summed E-state index contributed by atoms with van der Waals surface area (Å²) in [6.07, 6.45) is 2.07. The van der Waals surface area contributed by atoms with E-state index < -0.39 is 15.7 Å². The molecule has 0 saturated carbocycles. The van der Waals surface area contributed by atoms with Gasteiger partial charge in [-0.05, 0) is 12.2 Å². The summed E-state index contributed by atoms with van der Waals surface area (Å²) >= 11 is 2.91. The Kier molecular flexibility index (Phi) is 4.50. The highest BCUT2D eigenvalue weighted by atomic mass is 32.2. The number of carbonyl (C=O) groups excluding carboxylic acids is 1. The molecule has 9 heteroatoms. The molecule has 0 atom stereocenters. The van der Waals surface area contributed by atoms with Gasteiger partial charge in [0.15, 0.2) is 9.84 Å². The molecule has 2 rings (SSSR count). The minimum absolute atomic E-state index is 0.0168. The van der Waals surface area contributed by atoms with Gasteiger partial charge in [-0.15, -0.1) is 11.3 Å². The molecule has 0 aromatic carbocycles. The number of rotatable bonds is 3. The van der Waals surface area contributed by atoms with Gasteiger partial charge in [-0.25, -0.2) is 8.42 Å². The quantitative estimate of drug-likeness (QED) is 0.845. The van der Waals surface area contributed by atoms with E-state index in [0.717, 1.165) is 48.6 Å².